The van der Waals surface area contributed by atoms with Crippen molar-refractivity contribution in [2.75, 3.05) is 6.61 Å². The van der Waals surface area contributed by atoms with Crippen LogP contribution < -0.4 is 0 Å². The van der Waals surface area contributed by atoms with Gasteiger partial charge in [0.15, 0.2) is 5.82 Å². The number of rotatable bonds is 3. The van der Waals surface area contributed by atoms with Crippen molar-refractivity contribution in [3.05, 3.63) is 28.3 Å². The highest BCUT2D eigenvalue weighted by Crippen LogP contribution is 2.16. The molecule has 88 valence electrons. The summed E-state index contributed by atoms with van der Waals surface area (Å²) in [4.78, 5) is 24.0. The molecule has 0 saturated carbocycles. The second kappa shape index (κ2) is 5.01. The number of carbonyl (C=O) groups is 1. The molecule has 0 aliphatic rings. The van der Waals surface area contributed by atoms with Gasteiger partial charge in [-0.1, -0.05) is 0 Å². The second-order valence-corrected chi connectivity index (χ2v) is 4.01. The number of carbonyl (C=O) groups excluding carboxylic acids is 1. The summed E-state index contributed by atoms with van der Waals surface area (Å²) in [5.74, 6) is 0.131. The standard InChI is InChI=1S/C11H11N3O2S/c1-3-16-11(15)8-4-12-10(14-7(8)2)9-5-17-6-13-9/h4-6H,3H2,1-2H3. The number of hydrogen-bond acceptors (Lipinski definition) is 6. The van der Waals surface area contributed by atoms with Crippen molar-refractivity contribution >= 4 is 17.3 Å². The first kappa shape index (κ1) is 11.7. The molecular formula is C11H11N3O2S. The van der Waals surface area contributed by atoms with Crippen LogP contribution in [-0.2, 0) is 4.74 Å². The van der Waals surface area contributed by atoms with E-state index in [0.29, 0.717) is 29.4 Å². The molecule has 2 aromatic rings. The summed E-state index contributed by atoms with van der Waals surface area (Å²) in [6.45, 7) is 3.85. The van der Waals surface area contributed by atoms with E-state index >= 15 is 0 Å². The van der Waals surface area contributed by atoms with Gasteiger partial charge in [-0.05, 0) is 13.8 Å². The fourth-order valence-electron chi connectivity index (χ4n) is 1.32. The van der Waals surface area contributed by atoms with Gasteiger partial charge >= 0.3 is 5.97 Å². The fraction of sp³-hybridized carbons (Fsp3) is 0.273. The van der Waals surface area contributed by atoms with Gasteiger partial charge in [0.2, 0.25) is 0 Å². The van der Waals surface area contributed by atoms with E-state index in [2.05, 4.69) is 15.0 Å². The van der Waals surface area contributed by atoms with E-state index in [4.69, 9.17) is 4.74 Å². The largest absolute Gasteiger partial charge is 0.462 e. The monoisotopic (exact) mass is 249 g/mol. The first-order chi connectivity index (χ1) is 8.22. The first-order valence-electron chi connectivity index (χ1n) is 5.11. The molecule has 5 nitrogen and oxygen atoms in total. The van der Waals surface area contributed by atoms with Crippen LogP contribution in [0.5, 0.6) is 0 Å². The Morgan fingerprint density at radius 3 is 2.88 bits per heavy atom. The number of aryl methyl sites for hydroxylation is 1. The molecule has 0 fully saturated rings. The Morgan fingerprint density at radius 1 is 1.47 bits per heavy atom. The van der Waals surface area contributed by atoms with Crippen LogP contribution in [0.25, 0.3) is 11.5 Å². The topological polar surface area (TPSA) is 65.0 Å². The van der Waals surface area contributed by atoms with E-state index in [0.717, 1.165) is 0 Å². The third-order valence-corrected chi connectivity index (χ3v) is 2.72. The van der Waals surface area contributed by atoms with Gasteiger partial charge in [0, 0.05) is 11.6 Å². The molecule has 0 atom stereocenters. The molecule has 0 aliphatic heterocycles. The van der Waals surface area contributed by atoms with Crippen molar-refractivity contribution in [3.63, 3.8) is 0 Å². The van der Waals surface area contributed by atoms with Gasteiger partial charge in [0.05, 0.1) is 23.4 Å². The maximum atomic E-state index is 11.5. The Balaban J connectivity index is 2.32. The highest BCUT2D eigenvalue weighted by Gasteiger charge is 2.13. The number of esters is 1. The summed E-state index contributed by atoms with van der Waals surface area (Å²) in [6.07, 6.45) is 1.48. The van der Waals surface area contributed by atoms with Crippen molar-refractivity contribution in [1.29, 1.82) is 0 Å². The van der Waals surface area contributed by atoms with E-state index in [1.54, 1.807) is 19.4 Å². The molecule has 0 spiro atoms. The van der Waals surface area contributed by atoms with Gasteiger partial charge in [0.25, 0.3) is 0 Å². The molecule has 2 heterocycles. The van der Waals surface area contributed by atoms with Crippen LogP contribution in [0.2, 0.25) is 0 Å². The van der Waals surface area contributed by atoms with Gasteiger partial charge in [-0.3, -0.25) is 0 Å². The van der Waals surface area contributed by atoms with Crippen LogP contribution in [-0.4, -0.2) is 27.5 Å². The third-order valence-electron chi connectivity index (χ3n) is 2.14. The van der Waals surface area contributed by atoms with Gasteiger partial charge in [-0.2, -0.15) is 0 Å². The molecule has 17 heavy (non-hydrogen) atoms. The maximum absolute atomic E-state index is 11.5. The molecule has 6 heteroatoms. The zero-order valence-corrected chi connectivity index (χ0v) is 10.3. The van der Waals surface area contributed by atoms with Crippen LogP contribution in [0, 0.1) is 6.92 Å². The lowest BCUT2D eigenvalue weighted by molar-refractivity contribution is 0.0524. The van der Waals surface area contributed by atoms with E-state index in [9.17, 15) is 4.79 Å². The van der Waals surface area contributed by atoms with Gasteiger partial charge in [-0.25, -0.2) is 19.7 Å². The summed E-state index contributed by atoms with van der Waals surface area (Å²) >= 11 is 1.48. The zero-order valence-electron chi connectivity index (χ0n) is 9.51. The first-order valence-corrected chi connectivity index (χ1v) is 6.06. The Morgan fingerprint density at radius 2 is 2.29 bits per heavy atom. The van der Waals surface area contributed by atoms with Gasteiger partial charge in [-0.15, -0.1) is 11.3 Å². The molecule has 0 amide bonds. The molecule has 0 bridgehead atoms. The fourth-order valence-corrected chi connectivity index (χ4v) is 1.85. The average Bonchev–Trinajstić information content (AvgIpc) is 2.82. The molecule has 0 aliphatic carbocycles. The normalized spacial score (nSPS) is 10.2. The summed E-state index contributed by atoms with van der Waals surface area (Å²) in [7, 11) is 0. The Kier molecular flexibility index (Phi) is 3.43. The van der Waals surface area contributed by atoms with Gasteiger partial charge < -0.3 is 4.74 Å². The summed E-state index contributed by atoms with van der Waals surface area (Å²) in [5, 5.41) is 1.86. The van der Waals surface area contributed by atoms with Crippen LogP contribution in [0.15, 0.2) is 17.1 Å². The number of aromatic nitrogens is 3. The lowest BCUT2D eigenvalue weighted by Crippen LogP contribution is -2.09. The Hall–Kier alpha value is -1.82. The average molecular weight is 249 g/mol. The smallest absolute Gasteiger partial charge is 0.341 e. The molecule has 0 unspecified atom stereocenters. The molecular weight excluding hydrogens is 238 g/mol. The summed E-state index contributed by atoms with van der Waals surface area (Å²) < 4.78 is 4.91. The minimum atomic E-state index is -0.394. The quantitative estimate of drug-likeness (QED) is 0.779. The van der Waals surface area contributed by atoms with Crippen molar-refractivity contribution < 1.29 is 9.53 Å². The van der Waals surface area contributed by atoms with E-state index in [1.807, 2.05) is 5.38 Å². The number of ether oxygens (including phenoxy) is 1. The Bertz CT molecular complexity index is 526. The van der Waals surface area contributed by atoms with Crippen LogP contribution in [0.4, 0.5) is 0 Å². The summed E-state index contributed by atoms with van der Waals surface area (Å²) in [5.41, 5.74) is 3.42. The minimum Gasteiger partial charge on any atom is -0.462 e. The van der Waals surface area contributed by atoms with E-state index in [-0.39, 0.29) is 0 Å². The zero-order chi connectivity index (χ0) is 12.3. The molecule has 0 radical (unpaired) electrons. The molecule has 0 aromatic carbocycles. The van der Waals surface area contributed by atoms with Crippen molar-refractivity contribution in [1.82, 2.24) is 15.0 Å². The number of thiazole rings is 1. The predicted molar refractivity (Wildman–Crippen MR) is 63.8 cm³/mol. The SMILES string of the molecule is CCOC(=O)c1cnc(-c2cscn2)nc1C. The lowest BCUT2D eigenvalue weighted by atomic mass is 10.2. The van der Waals surface area contributed by atoms with E-state index in [1.165, 1.54) is 17.5 Å². The van der Waals surface area contributed by atoms with Crippen LogP contribution >= 0.6 is 11.3 Å². The predicted octanol–water partition coefficient (Wildman–Crippen LogP) is 2.09. The van der Waals surface area contributed by atoms with Crippen LogP contribution in [0.1, 0.15) is 23.0 Å². The maximum Gasteiger partial charge on any atom is 0.341 e. The van der Waals surface area contributed by atoms with Crippen molar-refractivity contribution in [3.8, 4) is 11.5 Å². The molecule has 2 aromatic heterocycles. The highest BCUT2D eigenvalue weighted by molar-refractivity contribution is 7.07. The van der Waals surface area contributed by atoms with E-state index < -0.39 is 5.97 Å². The van der Waals surface area contributed by atoms with Crippen LogP contribution in [0.3, 0.4) is 0 Å². The van der Waals surface area contributed by atoms with Gasteiger partial charge in [0.1, 0.15) is 5.69 Å². The molecule has 2 rings (SSSR count). The molecule has 0 N–H and O–H groups in total. The Labute approximate surface area is 103 Å². The summed E-state index contributed by atoms with van der Waals surface area (Å²) in [6, 6.07) is 0. The highest BCUT2D eigenvalue weighted by atomic mass is 32.1. The number of hydrogen-bond donors (Lipinski definition) is 0. The molecule has 0 saturated heterocycles. The minimum absolute atomic E-state index is 0.339. The number of nitrogens with zero attached hydrogens (tertiary/aromatic N) is 3. The van der Waals surface area contributed by atoms with Crippen molar-refractivity contribution in [2.24, 2.45) is 0 Å². The van der Waals surface area contributed by atoms with Crippen molar-refractivity contribution in [2.45, 2.75) is 13.8 Å². The lowest BCUT2D eigenvalue weighted by Gasteiger charge is -2.05. The second-order valence-electron chi connectivity index (χ2n) is 3.29. The third kappa shape index (κ3) is 2.47.